The first kappa shape index (κ1) is 16.3. The van der Waals surface area contributed by atoms with Crippen LogP contribution in [0.2, 0.25) is 5.15 Å². The molecule has 1 aliphatic heterocycles. The van der Waals surface area contributed by atoms with Crippen LogP contribution in [0.3, 0.4) is 0 Å². The molecule has 2 N–H and O–H groups in total. The van der Waals surface area contributed by atoms with E-state index in [9.17, 15) is 9.18 Å². The van der Waals surface area contributed by atoms with Gasteiger partial charge in [0.25, 0.3) is 0 Å². The second kappa shape index (κ2) is 6.88. The van der Waals surface area contributed by atoms with E-state index in [1.54, 1.807) is 18.2 Å². The SMILES string of the molecule is O=C(O)N1CCN(c2nc(Cl)cc(Nc3ccc(F)cc3)n2)CC1. The molecule has 1 aromatic carbocycles. The molecule has 2 aromatic rings. The quantitative estimate of drug-likeness (QED) is 0.827. The van der Waals surface area contributed by atoms with Crippen molar-refractivity contribution in [2.24, 2.45) is 0 Å². The molecule has 0 unspecified atom stereocenters. The van der Waals surface area contributed by atoms with Crippen LogP contribution in [-0.4, -0.2) is 52.2 Å². The minimum atomic E-state index is -0.930. The van der Waals surface area contributed by atoms with Crippen molar-refractivity contribution in [1.29, 1.82) is 0 Å². The highest BCUT2D eigenvalue weighted by molar-refractivity contribution is 6.29. The van der Waals surface area contributed by atoms with Crippen LogP contribution < -0.4 is 10.2 Å². The fourth-order valence-corrected chi connectivity index (χ4v) is 2.57. The van der Waals surface area contributed by atoms with Crippen LogP contribution in [-0.2, 0) is 0 Å². The van der Waals surface area contributed by atoms with Crippen LogP contribution in [0.15, 0.2) is 30.3 Å². The van der Waals surface area contributed by atoms with Crippen molar-refractivity contribution in [2.45, 2.75) is 0 Å². The standard InChI is InChI=1S/C15H15ClFN5O2/c16-12-9-13(18-11-3-1-10(17)2-4-11)20-14(19-12)21-5-7-22(8-6-21)15(23)24/h1-4,9H,5-8H2,(H,23,24)(H,18,19,20). The lowest BCUT2D eigenvalue weighted by atomic mass is 10.3. The number of benzene rings is 1. The first-order valence-corrected chi connectivity index (χ1v) is 7.69. The summed E-state index contributed by atoms with van der Waals surface area (Å²) in [5.41, 5.74) is 0.674. The Kier molecular flexibility index (Phi) is 4.66. The summed E-state index contributed by atoms with van der Waals surface area (Å²) in [6, 6.07) is 7.45. The van der Waals surface area contributed by atoms with Gasteiger partial charge in [-0.15, -0.1) is 0 Å². The van der Waals surface area contributed by atoms with Gasteiger partial charge < -0.3 is 20.2 Å². The highest BCUT2D eigenvalue weighted by Crippen LogP contribution is 2.22. The van der Waals surface area contributed by atoms with E-state index in [1.807, 2.05) is 4.90 Å². The third-order valence-electron chi connectivity index (χ3n) is 3.63. The van der Waals surface area contributed by atoms with Crippen LogP contribution in [0, 0.1) is 5.82 Å². The maximum atomic E-state index is 13.0. The molecule has 1 aromatic heterocycles. The number of amides is 1. The number of hydrogen-bond acceptors (Lipinski definition) is 5. The van der Waals surface area contributed by atoms with Gasteiger partial charge in [-0.1, -0.05) is 11.6 Å². The Bertz CT molecular complexity index is 735. The number of nitrogens with zero attached hydrogens (tertiary/aromatic N) is 4. The van der Waals surface area contributed by atoms with E-state index in [2.05, 4.69) is 15.3 Å². The Morgan fingerprint density at radius 1 is 1.17 bits per heavy atom. The molecule has 1 aliphatic rings. The van der Waals surface area contributed by atoms with Gasteiger partial charge in [-0.05, 0) is 24.3 Å². The number of rotatable bonds is 3. The third kappa shape index (κ3) is 3.83. The van der Waals surface area contributed by atoms with Gasteiger partial charge in [0.05, 0.1) is 0 Å². The van der Waals surface area contributed by atoms with Crippen molar-refractivity contribution in [3.05, 3.63) is 41.3 Å². The smallest absolute Gasteiger partial charge is 0.407 e. The Morgan fingerprint density at radius 2 is 1.83 bits per heavy atom. The average Bonchev–Trinajstić information content (AvgIpc) is 2.56. The Hall–Kier alpha value is -2.61. The Morgan fingerprint density at radius 3 is 2.46 bits per heavy atom. The molecule has 0 radical (unpaired) electrons. The fourth-order valence-electron chi connectivity index (χ4n) is 2.39. The van der Waals surface area contributed by atoms with Crippen molar-refractivity contribution in [1.82, 2.24) is 14.9 Å². The molecule has 1 fully saturated rings. The average molecular weight is 352 g/mol. The van der Waals surface area contributed by atoms with Gasteiger partial charge in [0.1, 0.15) is 16.8 Å². The lowest BCUT2D eigenvalue weighted by Crippen LogP contribution is -2.48. The summed E-state index contributed by atoms with van der Waals surface area (Å²) in [7, 11) is 0. The molecule has 0 aliphatic carbocycles. The molecule has 1 saturated heterocycles. The van der Waals surface area contributed by atoms with Crippen molar-refractivity contribution in [3.63, 3.8) is 0 Å². The van der Waals surface area contributed by atoms with Crippen molar-refractivity contribution in [3.8, 4) is 0 Å². The molecule has 0 spiro atoms. The van der Waals surface area contributed by atoms with Gasteiger partial charge in [-0.25, -0.2) is 14.2 Å². The predicted molar refractivity (Wildman–Crippen MR) is 88.5 cm³/mol. The molecule has 3 rings (SSSR count). The van der Waals surface area contributed by atoms with E-state index >= 15 is 0 Å². The Labute approximate surface area is 142 Å². The fraction of sp³-hybridized carbons (Fsp3) is 0.267. The van der Waals surface area contributed by atoms with Crippen LogP contribution >= 0.6 is 11.6 Å². The minimum absolute atomic E-state index is 0.269. The van der Waals surface area contributed by atoms with Crippen molar-refractivity contribution < 1.29 is 14.3 Å². The van der Waals surface area contributed by atoms with E-state index in [4.69, 9.17) is 16.7 Å². The summed E-state index contributed by atoms with van der Waals surface area (Å²) in [4.78, 5) is 22.8. The number of anilines is 3. The van der Waals surface area contributed by atoms with Crippen molar-refractivity contribution >= 4 is 35.1 Å². The van der Waals surface area contributed by atoms with Crippen LogP contribution in [0.1, 0.15) is 0 Å². The molecule has 0 bridgehead atoms. The predicted octanol–water partition coefficient (Wildman–Crippen LogP) is 2.81. The summed E-state index contributed by atoms with van der Waals surface area (Å²) in [5, 5.41) is 12.3. The number of nitrogens with one attached hydrogen (secondary N) is 1. The van der Waals surface area contributed by atoms with Crippen molar-refractivity contribution in [2.75, 3.05) is 36.4 Å². The van der Waals surface area contributed by atoms with E-state index in [-0.39, 0.29) is 11.0 Å². The first-order valence-electron chi connectivity index (χ1n) is 7.31. The molecule has 126 valence electrons. The normalized spacial score (nSPS) is 14.6. The number of halogens is 2. The zero-order chi connectivity index (χ0) is 17.1. The highest BCUT2D eigenvalue weighted by Gasteiger charge is 2.22. The van der Waals surface area contributed by atoms with Crippen LogP contribution in [0.4, 0.5) is 26.6 Å². The van der Waals surface area contributed by atoms with Gasteiger partial charge >= 0.3 is 6.09 Å². The maximum absolute atomic E-state index is 13.0. The topological polar surface area (TPSA) is 81.6 Å². The number of piperazine rings is 1. The van der Waals surface area contributed by atoms with Crippen LogP contribution in [0.5, 0.6) is 0 Å². The molecule has 1 amide bonds. The molecule has 9 heteroatoms. The van der Waals surface area contributed by atoms with Gasteiger partial charge in [0.2, 0.25) is 5.95 Å². The van der Waals surface area contributed by atoms with Gasteiger partial charge in [0, 0.05) is 37.9 Å². The summed E-state index contributed by atoms with van der Waals surface area (Å²) < 4.78 is 13.0. The summed E-state index contributed by atoms with van der Waals surface area (Å²) in [6.45, 7) is 1.74. The summed E-state index contributed by atoms with van der Waals surface area (Å²) in [6.07, 6.45) is -0.930. The van der Waals surface area contributed by atoms with E-state index in [0.29, 0.717) is 43.6 Å². The van der Waals surface area contributed by atoms with Gasteiger partial charge in [-0.2, -0.15) is 4.98 Å². The zero-order valence-electron chi connectivity index (χ0n) is 12.6. The molecular formula is C15H15ClFN5O2. The monoisotopic (exact) mass is 351 g/mol. The van der Waals surface area contributed by atoms with Crippen LogP contribution in [0.25, 0.3) is 0 Å². The summed E-state index contributed by atoms with van der Waals surface area (Å²) in [5.74, 6) is 0.590. The zero-order valence-corrected chi connectivity index (χ0v) is 13.4. The number of aromatic nitrogens is 2. The molecule has 0 saturated carbocycles. The minimum Gasteiger partial charge on any atom is -0.465 e. The lowest BCUT2D eigenvalue weighted by molar-refractivity contribution is 0.142. The number of carbonyl (C=O) groups is 1. The van der Waals surface area contributed by atoms with E-state index in [0.717, 1.165) is 0 Å². The number of carboxylic acid groups (broad SMARTS) is 1. The second-order valence-electron chi connectivity index (χ2n) is 5.26. The largest absolute Gasteiger partial charge is 0.465 e. The molecule has 24 heavy (non-hydrogen) atoms. The maximum Gasteiger partial charge on any atom is 0.407 e. The third-order valence-corrected chi connectivity index (χ3v) is 3.83. The molecule has 2 heterocycles. The van der Waals surface area contributed by atoms with E-state index < -0.39 is 6.09 Å². The first-order chi connectivity index (χ1) is 11.5. The molecular weight excluding hydrogens is 337 g/mol. The second-order valence-corrected chi connectivity index (χ2v) is 5.65. The van der Waals surface area contributed by atoms with E-state index in [1.165, 1.54) is 17.0 Å². The van der Waals surface area contributed by atoms with Gasteiger partial charge in [-0.3, -0.25) is 0 Å². The molecule has 0 atom stereocenters. The number of hydrogen-bond donors (Lipinski definition) is 2. The molecule has 7 nitrogen and oxygen atoms in total. The Balaban J connectivity index is 1.74. The van der Waals surface area contributed by atoms with Gasteiger partial charge in [0.15, 0.2) is 0 Å². The summed E-state index contributed by atoms with van der Waals surface area (Å²) >= 11 is 6.06. The lowest BCUT2D eigenvalue weighted by Gasteiger charge is -2.33. The highest BCUT2D eigenvalue weighted by atomic mass is 35.5.